The van der Waals surface area contributed by atoms with Gasteiger partial charge in [0, 0.05) is 24.1 Å². The number of ether oxygens (including phenoxy) is 1. The quantitative estimate of drug-likeness (QED) is 0.889. The summed E-state index contributed by atoms with van der Waals surface area (Å²) in [4.78, 5) is 0. The summed E-state index contributed by atoms with van der Waals surface area (Å²) in [6.45, 7) is 7.04. The van der Waals surface area contributed by atoms with E-state index in [-0.39, 0.29) is 6.10 Å². The zero-order valence-corrected chi connectivity index (χ0v) is 11.3. The Balaban J connectivity index is 2.11. The van der Waals surface area contributed by atoms with Crippen molar-refractivity contribution in [3.63, 3.8) is 0 Å². The lowest BCUT2D eigenvalue weighted by atomic mass is 9.94. The number of halogens is 1. The van der Waals surface area contributed by atoms with Gasteiger partial charge < -0.3 is 10.1 Å². The number of rotatable bonds is 4. The van der Waals surface area contributed by atoms with E-state index >= 15 is 0 Å². The summed E-state index contributed by atoms with van der Waals surface area (Å²) in [6.07, 6.45) is 1.33. The zero-order chi connectivity index (χ0) is 12.3. The Bertz CT molecular complexity index is 380. The lowest BCUT2D eigenvalue weighted by molar-refractivity contribution is 0.0906. The Morgan fingerprint density at radius 2 is 2.29 bits per heavy atom. The van der Waals surface area contributed by atoms with Crippen LogP contribution in [0.5, 0.6) is 0 Å². The Kier molecular flexibility index (Phi) is 4.43. The van der Waals surface area contributed by atoms with Crippen molar-refractivity contribution < 1.29 is 4.74 Å². The molecule has 1 fully saturated rings. The summed E-state index contributed by atoms with van der Waals surface area (Å²) >= 11 is 6.17. The monoisotopic (exact) mass is 253 g/mol. The van der Waals surface area contributed by atoms with Crippen molar-refractivity contribution in [2.45, 2.75) is 26.4 Å². The van der Waals surface area contributed by atoms with Crippen molar-refractivity contribution in [3.05, 3.63) is 34.3 Å². The molecule has 1 aliphatic heterocycles. The second kappa shape index (κ2) is 5.85. The molecular formula is C14H20ClNO. The summed E-state index contributed by atoms with van der Waals surface area (Å²) in [5.41, 5.74) is 2.33. The molecule has 0 aliphatic carbocycles. The van der Waals surface area contributed by atoms with E-state index in [1.54, 1.807) is 0 Å². The van der Waals surface area contributed by atoms with E-state index in [0.717, 1.165) is 36.7 Å². The van der Waals surface area contributed by atoms with Crippen LogP contribution in [0.1, 0.15) is 30.6 Å². The van der Waals surface area contributed by atoms with Crippen molar-refractivity contribution in [2.24, 2.45) is 5.92 Å². The van der Waals surface area contributed by atoms with Crippen LogP contribution in [0, 0.1) is 12.8 Å². The molecule has 3 heteroatoms. The van der Waals surface area contributed by atoms with Gasteiger partial charge >= 0.3 is 0 Å². The van der Waals surface area contributed by atoms with Gasteiger partial charge in [-0.2, -0.15) is 0 Å². The van der Waals surface area contributed by atoms with E-state index in [4.69, 9.17) is 16.3 Å². The minimum absolute atomic E-state index is 0.201. The molecule has 17 heavy (non-hydrogen) atoms. The lowest BCUT2D eigenvalue weighted by Gasteiger charge is -2.19. The molecule has 1 aromatic rings. The number of benzene rings is 1. The summed E-state index contributed by atoms with van der Waals surface area (Å²) in [7, 11) is 0. The first kappa shape index (κ1) is 12.9. The van der Waals surface area contributed by atoms with Crippen LogP contribution >= 0.6 is 11.6 Å². The fourth-order valence-electron chi connectivity index (χ4n) is 2.33. The van der Waals surface area contributed by atoms with Crippen LogP contribution < -0.4 is 5.32 Å². The molecule has 0 radical (unpaired) electrons. The summed E-state index contributed by atoms with van der Waals surface area (Å²) in [5, 5.41) is 4.24. The van der Waals surface area contributed by atoms with Crippen molar-refractivity contribution in [1.29, 1.82) is 0 Å². The molecule has 0 bridgehead atoms. The van der Waals surface area contributed by atoms with Crippen LogP contribution in [-0.2, 0) is 4.74 Å². The highest BCUT2D eigenvalue weighted by Crippen LogP contribution is 2.35. The smallest absolute Gasteiger partial charge is 0.0866 e. The minimum Gasteiger partial charge on any atom is -0.373 e. The van der Waals surface area contributed by atoms with Gasteiger partial charge in [0.25, 0.3) is 0 Å². The minimum atomic E-state index is 0.201. The SMILES string of the molecule is CCNCC1CCOC1c1ccc(C)c(Cl)c1. The second-order valence-electron chi connectivity index (χ2n) is 4.66. The largest absolute Gasteiger partial charge is 0.373 e. The molecular weight excluding hydrogens is 234 g/mol. The topological polar surface area (TPSA) is 21.3 Å². The van der Waals surface area contributed by atoms with Gasteiger partial charge in [0.15, 0.2) is 0 Å². The predicted molar refractivity (Wildman–Crippen MR) is 71.5 cm³/mol. The maximum absolute atomic E-state index is 6.17. The summed E-state index contributed by atoms with van der Waals surface area (Å²) < 4.78 is 5.84. The predicted octanol–water partition coefficient (Wildman–Crippen LogP) is 3.34. The lowest BCUT2D eigenvalue weighted by Crippen LogP contribution is -2.24. The standard InChI is InChI=1S/C14H20ClNO/c1-3-16-9-12-6-7-17-14(12)11-5-4-10(2)13(15)8-11/h4-5,8,12,14,16H,3,6-7,9H2,1-2H3. The van der Waals surface area contributed by atoms with Gasteiger partial charge in [0.1, 0.15) is 0 Å². The Morgan fingerprint density at radius 1 is 1.47 bits per heavy atom. The maximum atomic E-state index is 6.17. The fourth-order valence-corrected chi connectivity index (χ4v) is 2.52. The van der Waals surface area contributed by atoms with Crippen LogP contribution in [-0.4, -0.2) is 19.7 Å². The second-order valence-corrected chi connectivity index (χ2v) is 5.06. The first-order valence-corrected chi connectivity index (χ1v) is 6.68. The first-order chi connectivity index (χ1) is 8.22. The number of nitrogens with one attached hydrogen (secondary N) is 1. The molecule has 1 N–H and O–H groups in total. The van der Waals surface area contributed by atoms with Crippen LogP contribution in [0.15, 0.2) is 18.2 Å². The van der Waals surface area contributed by atoms with E-state index in [9.17, 15) is 0 Å². The average molecular weight is 254 g/mol. The van der Waals surface area contributed by atoms with Gasteiger partial charge in [-0.05, 0) is 37.1 Å². The highest BCUT2D eigenvalue weighted by molar-refractivity contribution is 6.31. The number of aryl methyl sites for hydroxylation is 1. The van der Waals surface area contributed by atoms with Crippen molar-refractivity contribution in [1.82, 2.24) is 5.32 Å². The maximum Gasteiger partial charge on any atom is 0.0866 e. The summed E-state index contributed by atoms with van der Waals surface area (Å²) in [5.74, 6) is 0.564. The molecule has 1 aliphatic rings. The zero-order valence-electron chi connectivity index (χ0n) is 10.5. The molecule has 2 nitrogen and oxygen atoms in total. The molecule has 2 rings (SSSR count). The molecule has 2 unspecified atom stereocenters. The molecule has 0 saturated carbocycles. The van der Waals surface area contributed by atoms with Gasteiger partial charge in [0.05, 0.1) is 6.10 Å². The normalized spacial score (nSPS) is 24.2. The third kappa shape index (κ3) is 3.01. The fraction of sp³-hybridized carbons (Fsp3) is 0.571. The van der Waals surface area contributed by atoms with E-state index in [0.29, 0.717) is 5.92 Å². The highest BCUT2D eigenvalue weighted by atomic mass is 35.5. The summed E-state index contributed by atoms with van der Waals surface area (Å²) in [6, 6.07) is 6.26. The molecule has 94 valence electrons. The van der Waals surface area contributed by atoms with E-state index in [1.165, 1.54) is 5.56 Å². The molecule has 2 atom stereocenters. The molecule has 1 heterocycles. The Hall–Kier alpha value is -0.570. The molecule has 1 saturated heterocycles. The number of hydrogen-bond acceptors (Lipinski definition) is 2. The van der Waals surface area contributed by atoms with Crippen LogP contribution in [0.2, 0.25) is 5.02 Å². The van der Waals surface area contributed by atoms with Crippen molar-refractivity contribution >= 4 is 11.6 Å². The van der Waals surface area contributed by atoms with Crippen molar-refractivity contribution in [3.8, 4) is 0 Å². The van der Waals surface area contributed by atoms with Crippen LogP contribution in [0.4, 0.5) is 0 Å². The van der Waals surface area contributed by atoms with E-state index in [2.05, 4.69) is 24.4 Å². The van der Waals surface area contributed by atoms with Crippen LogP contribution in [0.3, 0.4) is 0 Å². The third-order valence-corrected chi connectivity index (χ3v) is 3.80. The third-order valence-electron chi connectivity index (χ3n) is 3.40. The van der Waals surface area contributed by atoms with Gasteiger partial charge in [0.2, 0.25) is 0 Å². The average Bonchev–Trinajstić information content (AvgIpc) is 2.78. The molecule has 1 aromatic carbocycles. The van der Waals surface area contributed by atoms with Gasteiger partial charge in [-0.3, -0.25) is 0 Å². The van der Waals surface area contributed by atoms with Crippen LogP contribution in [0.25, 0.3) is 0 Å². The molecule has 0 aromatic heterocycles. The van der Waals surface area contributed by atoms with Gasteiger partial charge in [-0.25, -0.2) is 0 Å². The molecule has 0 amide bonds. The highest BCUT2D eigenvalue weighted by Gasteiger charge is 2.29. The van der Waals surface area contributed by atoms with Crippen molar-refractivity contribution in [2.75, 3.05) is 19.7 Å². The van der Waals surface area contributed by atoms with E-state index in [1.807, 2.05) is 13.0 Å². The molecule has 0 spiro atoms. The van der Waals surface area contributed by atoms with Gasteiger partial charge in [-0.1, -0.05) is 30.7 Å². The van der Waals surface area contributed by atoms with Gasteiger partial charge in [-0.15, -0.1) is 0 Å². The Labute approximate surface area is 108 Å². The number of hydrogen-bond donors (Lipinski definition) is 1. The first-order valence-electron chi connectivity index (χ1n) is 6.30. The Morgan fingerprint density at radius 3 is 3.00 bits per heavy atom. The van der Waals surface area contributed by atoms with E-state index < -0.39 is 0 Å².